The number of carbonyl (C=O) groups excluding carboxylic acids is 2. The van der Waals surface area contributed by atoms with Crippen molar-refractivity contribution in [1.29, 1.82) is 0 Å². The van der Waals surface area contributed by atoms with Crippen molar-refractivity contribution in [3.63, 3.8) is 0 Å². The Morgan fingerprint density at radius 1 is 0.778 bits per heavy atom. The van der Waals surface area contributed by atoms with Gasteiger partial charge in [0, 0.05) is 39.3 Å². The normalized spacial score (nSPS) is 20.3. The molecule has 0 aliphatic carbocycles. The number of piperazine rings is 1. The second-order valence-electron chi connectivity index (χ2n) is 9.88. The lowest BCUT2D eigenvalue weighted by atomic mass is 10.0. The molecule has 2 saturated heterocycles. The number of hydrogen-bond acceptors (Lipinski definition) is 5. The second kappa shape index (κ2) is 9.88. The highest BCUT2D eigenvalue weighted by Crippen LogP contribution is 2.33. The molecule has 6 rings (SSSR count). The first-order valence-electron chi connectivity index (χ1n) is 12.9. The number of imide groups is 1. The first kappa shape index (κ1) is 23.0. The van der Waals surface area contributed by atoms with Crippen molar-refractivity contribution in [2.75, 3.05) is 44.2 Å². The largest absolute Gasteiger partial charge is 0.376 e. The average molecular weight is 482 g/mol. The molecular weight excluding hydrogens is 450 g/mol. The molecule has 6 nitrogen and oxygen atoms in total. The number of amides is 2. The Hall–Kier alpha value is -3.48. The molecule has 3 heterocycles. The Labute approximate surface area is 212 Å². The van der Waals surface area contributed by atoms with Gasteiger partial charge in [-0.3, -0.25) is 19.4 Å². The molecular formula is C30H31N3O3. The highest BCUT2D eigenvalue weighted by molar-refractivity contribution is 6.23. The fourth-order valence-electron chi connectivity index (χ4n) is 5.58. The standard InChI is InChI=1S/C30H31N3O3/c34-29-26-9-4-10-27(28(26)30(35)33(29)21-25-8-5-19-36-25)32-17-15-31(16-18-32)20-22-11-13-24(14-12-22)23-6-2-1-3-7-23/h1-4,6-7,9-14,25H,5,8,15-21H2. The molecule has 0 spiro atoms. The van der Waals surface area contributed by atoms with Crippen LogP contribution in [0.5, 0.6) is 0 Å². The number of carbonyl (C=O) groups is 2. The van der Waals surface area contributed by atoms with Gasteiger partial charge in [-0.1, -0.05) is 60.7 Å². The molecule has 0 bridgehead atoms. The predicted octanol–water partition coefficient (Wildman–Crippen LogP) is 4.45. The summed E-state index contributed by atoms with van der Waals surface area (Å²) in [6, 6.07) is 24.9. The monoisotopic (exact) mass is 481 g/mol. The number of benzene rings is 3. The summed E-state index contributed by atoms with van der Waals surface area (Å²) in [7, 11) is 0. The van der Waals surface area contributed by atoms with Gasteiger partial charge in [-0.2, -0.15) is 0 Å². The van der Waals surface area contributed by atoms with Gasteiger partial charge in [0.1, 0.15) is 0 Å². The zero-order valence-corrected chi connectivity index (χ0v) is 20.4. The summed E-state index contributed by atoms with van der Waals surface area (Å²) in [5, 5.41) is 0. The Bertz CT molecular complexity index is 1240. The lowest BCUT2D eigenvalue weighted by Crippen LogP contribution is -2.46. The van der Waals surface area contributed by atoms with Crippen LogP contribution < -0.4 is 4.90 Å². The van der Waals surface area contributed by atoms with Gasteiger partial charge < -0.3 is 9.64 Å². The Kier molecular flexibility index (Phi) is 6.30. The molecule has 0 saturated carbocycles. The minimum absolute atomic E-state index is 0.0408. The molecule has 1 unspecified atom stereocenters. The van der Waals surface area contributed by atoms with Crippen molar-refractivity contribution in [2.45, 2.75) is 25.5 Å². The van der Waals surface area contributed by atoms with Gasteiger partial charge in [-0.05, 0) is 41.7 Å². The van der Waals surface area contributed by atoms with Crippen molar-refractivity contribution < 1.29 is 14.3 Å². The van der Waals surface area contributed by atoms with E-state index >= 15 is 0 Å². The van der Waals surface area contributed by atoms with E-state index in [0.29, 0.717) is 24.3 Å². The summed E-state index contributed by atoms with van der Waals surface area (Å²) in [5.41, 5.74) is 5.73. The van der Waals surface area contributed by atoms with Gasteiger partial charge in [0.05, 0.1) is 29.5 Å². The van der Waals surface area contributed by atoms with Crippen LogP contribution in [0.1, 0.15) is 39.1 Å². The van der Waals surface area contributed by atoms with Crippen LogP contribution in [-0.2, 0) is 11.3 Å². The number of hydrogen-bond donors (Lipinski definition) is 0. The molecule has 3 aromatic carbocycles. The Morgan fingerprint density at radius 3 is 2.25 bits per heavy atom. The van der Waals surface area contributed by atoms with Crippen LogP contribution >= 0.6 is 0 Å². The number of anilines is 1. The molecule has 0 N–H and O–H groups in total. The van der Waals surface area contributed by atoms with E-state index in [0.717, 1.165) is 51.3 Å². The number of rotatable bonds is 6. The van der Waals surface area contributed by atoms with Crippen molar-refractivity contribution in [1.82, 2.24) is 9.80 Å². The highest BCUT2D eigenvalue weighted by Gasteiger charge is 2.40. The lowest BCUT2D eigenvalue weighted by Gasteiger charge is -2.36. The first-order chi connectivity index (χ1) is 17.7. The topological polar surface area (TPSA) is 53.1 Å². The Balaban J connectivity index is 1.10. The molecule has 2 amide bonds. The molecule has 1 atom stereocenters. The third kappa shape index (κ3) is 4.43. The highest BCUT2D eigenvalue weighted by atomic mass is 16.5. The van der Waals surface area contributed by atoms with E-state index in [-0.39, 0.29) is 17.9 Å². The van der Waals surface area contributed by atoms with E-state index in [9.17, 15) is 9.59 Å². The summed E-state index contributed by atoms with van der Waals surface area (Å²) in [5.74, 6) is -0.369. The van der Waals surface area contributed by atoms with Gasteiger partial charge in [-0.25, -0.2) is 0 Å². The van der Waals surface area contributed by atoms with E-state index in [2.05, 4.69) is 58.3 Å². The maximum Gasteiger partial charge on any atom is 0.263 e. The summed E-state index contributed by atoms with van der Waals surface area (Å²) >= 11 is 0. The van der Waals surface area contributed by atoms with Crippen molar-refractivity contribution >= 4 is 17.5 Å². The number of fused-ring (bicyclic) bond motifs is 1. The van der Waals surface area contributed by atoms with E-state index in [4.69, 9.17) is 4.74 Å². The molecule has 0 aromatic heterocycles. The zero-order valence-electron chi connectivity index (χ0n) is 20.4. The van der Waals surface area contributed by atoms with Crippen molar-refractivity contribution in [3.05, 3.63) is 89.5 Å². The zero-order chi connectivity index (χ0) is 24.5. The maximum atomic E-state index is 13.3. The predicted molar refractivity (Wildman–Crippen MR) is 140 cm³/mol. The summed E-state index contributed by atoms with van der Waals surface area (Å²) in [6.45, 7) is 5.43. The van der Waals surface area contributed by atoms with Crippen LogP contribution in [0.25, 0.3) is 11.1 Å². The van der Waals surface area contributed by atoms with E-state index in [1.54, 1.807) is 6.07 Å². The minimum atomic E-state index is -0.190. The SMILES string of the molecule is O=C1c2cccc(N3CCN(Cc4ccc(-c5ccccc5)cc4)CC3)c2C(=O)N1CC1CCCO1. The quantitative estimate of drug-likeness (QED) is 0.487. The fourth-order valence-corrected chi connectivity index (χ4v) is 5.58. The maximum absolute atomic E-state index is 13.3. The van der Waals surface area contributed by atoms with Crippen LogP contribution in [0.4, 0.5) is 5.69 Å². The van der Waals surface area contributed by atoms with Gasteiger partial charge >= 0.3 is 0 Å². The van der Waals surface area contributed by atoms with Crippen molar-refractivity contribution in [2.24, 2.45) is 0 Å². The van der Waals surface area contributed by atoms with Gasteiger partial charge in [0.15, 0.2) is 0 Å². The molecule has 3 aromatic rings. The molecule has 36 heavy (non-hydrogen) atoms. The second-order valence-corrected chi connectivity index (χ2v) is 9.88. The average Bonchev–Trinajstić information content (AvgIpc) is 3.53. The van der Waals surface area contributed by atoms with E-state index in [1.807, 2.05) is 18.2 Å². The molecule has 0 radical (unpaired) electrons. The first-order valence-corrected chi connectivity index (χ1v) is 12.9. The third-order valence-electron chi connectivity index (χ3n) is 7.57. The van der Waals surface area contributed by atoms with Crippen molar-refractivity contribution in [3.8, 4) is 11.1 Å². The van der Waals surface area contributed by atoms with E-state index in [1.165, 1.54) is 21.6 Å². The van der Waals surface area contributed by atoms with Crippen LogP contribution in [0.3, 0.4) is 0 Å². The molecule has 6 heteroatoms. The van der Waals surface area contributed by atoms with Crippen LogP contribution in [0.2, 0.25) is 0 Å². The van der Waals surface area contributed by atoms with Crippen LogP contribution in [-0.4, -0.2) is 67.0 Å². The Morgan fingerprint density at radius 2 is 1.53 bits per heavy atom. The number of ether oxygens (including phenoxy) is 1. The van der Waals surface area contributed by atoms with Gasteiger partial charge in [0.25, 0.3) is 11.8 Å². The smallest absolute Gasteiger partial charge is 0.263 e. The number of nitrogens with zero attached hydrogens (tertiary/aromatic N) is 3. The van der Waals surface area contributed by atoms with Gasteiger partial charge in [-0.15, -0.1) is 0 Å². The molecule has 3 aliphatic rings. The fraction of sp³-hybridized carbons (Fsp3) is 0.333. The van der Waals surface area contributed by atoms with Crippen LogP contribution in [0.15, 0.2) is 72.8 Å². The molecule has 3 aliphatic heterocycles. The van der Waals surface area contributed by atoms with Gasteiger partial charge in [0.2, 0.25) is 0 Å². The summed E-state index contributed by atoms with van der Waals surface area (Å²) in [4.78, 5) is 32.4. The van der Waals surface area contributed by atoms with E-state index < -0.39 is 0 Å². The molecule has 184 valence electrons. The van der Waals surface area contributed by atoms with Crippen LogP contribution in [0, 0.1) is 0 Å². The summed E-state index contributed by atoms with van der Waals surface area (Å²) in [6.07, 6.45) is 1.85. The molecule has 2 fully saturated rings. The lowest BCUT2D eigenvalue weighted by molar-refractivity contribution is 0.0475. The third-order valence-corrected chi connectivity index (χ3v) is 7.57. The minimum Gasteiger partial charge on any atom is -0.376 e. The summed E-state index contributed by atoms with van der Waals surface area (Å²) < 4.78 is 5.68.